The van der Waals surface area contributed by atoms with Gasteiger partial charge in [0.15, 0.2) is 0 Å². The number of carbonyl (C=O) groups excluding carboxylic acids is 1. The van der Waals surface area contributed by atoms with E-state index < -0.39 is 48.0 Å². The van der Waals surface area contributed by atoms with E-state index in [-0.39, 0.29) is 24.6 Å². The highest BCUT2D eigenvalue weighted by Crippen LogP contribution is 2.41. The summed E-state index contributed by atoms with van der Waals surface area (Å²) < 4.78 is 30.8. The Hall–Kier alpha value is -5.22. The van der Waals surface area contributed by atoms with Crippen molar-refractivity contribution in [3.05, 3.63) is 129 Å². The molecule has 0 unspecified atom stereocenters. The van der Waals surface area contributed by atoms with Gasteiger partial charge in [0.25, 0.3) is 13.9 Å². The Morgan fingerprint density at radius 3 is 2.15 bits per heavy atom. The quantitative estimate of drug-likeness (QED) is 0.0672. The smallest absolute Gasteiger partial charge is 0.333 e. The number of nitrogens with one attached hydrogen (secondary N) is 1. The van der Waals surface area contributed by atoms with E-state index >= 15 is 4.39 Å². The van der Waals surface area contributed by atoms with Crippen molar-refractivity contribution in [2.24, 2.45) is 0 Å². The second-order valence-electron chi connectivity index (χ2n) is 16.9. The number of thiophene rings is 1. The number of carbonyl (C=O) groups is 1. The molecule has 12 nitrogen and oxygen atoms in total. The van der Waals surface area contributed by atoms with Gasteiger partial charge in [-0.05, 0) is 87.5 Å². The van der Waals surface area contributed by atoms with Crippen LogP contribution in [0.25, 0.3) is 15.2 Å². The van der Waals surface area contributed by atoms with Crippen LogP contribution < -0.4 is 31.7 Å². The van der Waals surface area contributed by atoms with E-state index in [1.165, 1.54) is 45.2 Å². The third kappa shape index (κ3) is 9.20. The zero-order valence-electron chi connectivity index (χ0n) is 36.3. The largest absolute Gasteiger partial charge is 0.493 e. The molecule has 0 saturated carbocycles. The third-order valence-corrected chi connectivity index (χ3v) is 17.2. The molecule has 324 valence electrons. The van der Waals surface area contributed by atoms with Crippen LogP contribution in [0.5, 0.6) is 5.75 Å². The van der Waals surface area contributed by atoms with Gasteiger partial charge in [-0.2, -0.15) is 10.2 Å². The normalized spacial score (nSPS) is 12.9. The highest BCUT2D eigenvalue weighted by Gasteiger charge is 2.49. The lowest BCUT2D eigenvalue weighted by atomic mass is 10.0. The van der Waals surface area contributed by atoms with E-state index in [1.807, 2.05) is 67.6 Å². The van der Waals surface area contributed by atoms with Gasteiger partial charge in [0.05, 0.1) is 30.9 Å². The molecule has 3 aromatic carbocycles. The minimum Gasteiger partial charge on any atom is -0.493 e. The van der Waals surface area contributed by atoms with Crippen molar-refractivity contribution in [1.29, 1.82) is 0 Å². The Morgan fingerprint density at radius 1 is 0.934 bits per heavy atom. The highest BCUT2D eigenvalue weighted by atomic mass is 32.1. The molecule has 0 fully saturated rings. The molecule has 0 aliphatic rings. The van der Waals surface area contributed by atoms with Crippen LogP contribution in [0, 0.1) is 12.7 Å². The maximum Gasteiger partial charge on any atom is 0.333 e. The Labute approximate surface area is 361 Å². The number of ether oxygens (including phenoxy) is 2. The van der Waals surface area contributed by atoms with Crippen molar-refractivity contribution in [3.8, 4) is 10.8 Å². The van der Waals surface area contributed by atoms with Crippen LogP contribution in [0.2, 0.25) is 5.04 Å². The predicted octanol–water partition coefficient (Wildman–Crippen LogP) is 6.76. The first-order chi connectivity index (χ1) is 29.0. The van der Waals surface area contributed by atoms with Gasteiger partial charge >= 0.3 is 5.69 Å². The van der Waals surface area contributed by atoms with Crippen LogP contribution in [0.15, 0.2) is 101 Å². The first-order valence-corrected chi connectivity index (χ1v) is 23.6. The lowest BCUT2D eigenvalue weighted by Gasteiger charge is -2.41. The second-order valence-corrected chi connectivity index (χ2v) is 21.8. The monoisotopic (exact) mass is 868 g/mol. The van der Waals surface area contributed by atoms with Crippen molar-refractivity contribution >= 4 is 46.2 Å². The first-order valence-electron chi connectivity index (χ1n) is 20.9. The molecule has 0 radical (unpaired) electrons. The number of hydrogen-bond donors (Lipinski definition) is 2. The minimum atomic E-state index is -3.33. The molecule has 15 heteroatoms. The third-order valence-electron chi connectivity index (χ3n) is 11.4. The van der Waals surface area contributed by atoms with Gasteiger partial charge in [0.1, 0.15) is 33.0 Å². The van der Waals surface area contributed by atoms with E-state index in [1.54, 1.807) is 40.7 Å². The average molecular weight is 869 g/mol. The standard InChI is InChI=1S/C46H57FN6O6SSi/c1-9-10-27-58-37-23-22-33(47)29-36(37)38(59-28-17-24-45(5,6)61(57,34-18-13-11-14-19-34)35-20-15-12-16-21-35)30-51-42-39(32(4)41(60-42)53-48-25-26-49-53)40(54)52(44(51)56)46(7,8)43(55)50-31(2)3/h11-16,18-23,25-26,29,31,38,57H,9-10,17,24,27-28,30H2,1-8H3,(H,50,55)/t38-/m0/s1. The number of unbranched alkanes of at least 4 members (excludes halogenated alkanes) is 1. The van der Waals surface area contributed by atoms with Gasteiger partial charge in [-0.15, -0.1) is 4.80 Å². The zero-order chi connectivity index (χ0) is 44.1. The molecule has 0 spiro atoms. The number of nitrogens with zero attached hydrogens (tertiary/aromatic N) is 5. The topological polar surface area (TPSA) is 142 Å². The van der Waals surface area contributed by atoms with E-state index in [2.05, 4.69) is 29.4 Å². The maximum atomic E-state index is 15.3. The second kappa shape index (κ2) is 18.8. The fourth-order valence-electron chi connectivity index (χ4n) is 7.90. The van der Waals surface area contributed by atoms with Crippen LogP contribution in [0.4, 0.5) is 4.39 Å². The molecule has 0 bridgehead atoms. The van der Waals surface area contributed by atoms with Crippen molar-refractivity contribution < 1.29 is 23.5 Å². The van der Waals surface area contributed by atoms with Gasteiger partial charge in [0.2, 0.25) is 5.91 Å². The molecule has 2 N–H and O–H groups in total. The first kappa shape index (κ1) is 45.3. The Morgan fingerprint density at radius 2 is 1.56 bits per heavy atom. The highest BCUT2D eigenvalue weighted by molar-refractivity contribution is 7.21. The molecule has 0 aliphatic heterocycles. The molecule has 0 saturated heterocycles. The van der Waals surface area contributed by atoms with Gasteiger partial charge in [0, 0.05) is 23.8 Å². The number of aryl methyl sites for hydroxylation is 1. The summed E-state index contributed by atoms with van der Waals surface area (Å²) in [6, 6.07) is 23.6. The van der Waals surface area contributed by atoms with E-state index in [9.17, 15) is 19.2 Å². The fraction of sp³-hybridized carbons (Fsp3) is 0.413. The van der Waals surface area contributed by atoms with Crippen molar-refractivity contribution in [2.75, 3.05) is 13.2 Å². The fourth-order valence-corrected chi connectivity index (χ4v) is 12.9. The van der Waals surface area contributed by atoms with Crippen LogP contribution in [0.1, 0.15) is 91.4 Å². The Bertz CT molecular complexity index is 2520. The summed E-state index contributed by atoms with van der Waals surface area (Å²) in [6.45, 7) is 15.1. The molecular weight excluding hydrogens is 812 g/mol. The molecular formula is C46H57FN6O6SSi. The molecule has 3 aromatic heterocycles. The van der Waals surface area contributed by atoms with E-state index in [0.717, 1.165) is 27.8 Å². The van der Waals surface area contributed by atoms with Crippen molar-refractivity contribution in [1.82, 2.24) is 29.4 Å². The van der Waals surface area contributed by atoms with Gasteiger partial charge in [-0.25, -0.2) is 13.8 Å². The number of rotatable bonds is 19. The van der Waals surface area contributed by atoms with Gasteiger partial charge in [-0.3, -0.25) is 14.2 Å². The van der Waals surface area contributed by atoms with Crippen LogP contribution in [-0.2, 0) is 21.6 Å². The number of amides is 1. The van der Waals surface area contributed by atoms with Crippen LogP contribution in [0.3, 0.4) is 0 Å². The minimum absolute atomic E-state index is 0.160. The van der Waals surface area contributed by atoms with E-state index in [0.29, 0.717) is 46.2 Å². The molecule has 3 heterocycles. The van der Waals surface area contributed by atoms with E-state index in [4.69, 9.17) is 9.47 Å². The average Bonchev–Trinajstić information content (AvgIpc) is 3.89. The van der Waals surface area contributed by atoms with Crippen molar-refractivity contribution in [3.63, 3.8) is 0 Å². The SMILES string of the molecule is CCCCOc1ccc(F)cc1[C@H](Cn1c(=O)n(C(C)(C)C(=O)NC(C)C)c(=O)c2c(C)c(-n3nccn3)sc21)OCCCC(C)(C)[Si](O)(c1ccccc1)c1ccccc1. The lowest BCUT2D eigenvalue weighted by molar-refractivity contribution is -0.129. The van der Waals surface area contributed by atoms with Crippen molar-refractivity contribution in [2.45, 2.75) is 110 Å². The summed E-state index contributed by atoms with van der Waals surface area (Å²) in [5, 5.41) is 13.5. The Balaban J connectivity index is 1.45. The Kier molecular flexibility index (Phi) is 14.0. The number of benzene rings is 3. The summed E-state index contributed by atoms with van der Waals surface area (Å²) in [5.41, 5.74) is -2.04. The number of halogens is 1. The van der Waals surface area contributed by atoms with Crippen LogP contribution >= 0.6 is 11.3 Å². The summed E-state index contributed by atoms with van der Waals surface area (Å²) >= 11 is 1.17. The molecule has 0 aliphatic carbocycles. The maximum absolute atomic E-state index is 15.3. The number of hydrogen-bond acceptors (Lipinski definition) is 9. The lowest BCUT2D eigenvalue weighted by Crippen LogP contribution is -2.65. The van der Waals surface area contributed by atoms with Crippen LogP contribution in [-0.4, -0.2) is 62.4 Å². The summed E-state index contributed by atoms with van der Waals surface area (Å²) in [7, 11) is -3.33. The molecule has 61 heavy (non-hydrogen) atoms. The number of fused-ring (bicyclic) bond motifs is 1. The predicted molar refractivity (Wildman–Crippen MR) is 241 cm³/mol. The summed E-state index contributed by atoms with van der Waals surface area (Å²) in [5.74, 6) is -0.605. The van der Waals surface area contributed by atoms with Gasteiger partial charge < -0.3 is 19.6 Å². The molecule has 1 amide bonds. The molecule has 1 atom stereocenters. The summed E-state index contributed by atoms with van der Waals surface area (Å²) in [6.07, 6.45) is 4.83. The molecule has 6 rings (SSSR count). The number of aromatic nitrogens is 5. The zero-order valence-corrected chi connectivity index (χ0v) is 38.1. The van der Waals surface area contributed by atoms with Gasteiger partial charge in [-0.1, -0.05) is 99.2 Å². The molecule has 6 aromatic rings. The summed E-state index contributed by atoms with van der Waals surface area (Å²) in [4.78, 5) is 57.7.